The highest BCUT2D eigenvalue weighted by molar-refractivity contribution is 7.92. The van der Waals surface area contributed by atoms with Crippen LogP contribution in [0.25, 0.3) is 0 Å². The predicted octanol–water partition coefficient (Wildman–Crippen LogP) is 4.19. The minimum absolute atomic E-state index is 0.0933. The zero-order valence-corrected chi connectivity index (χ0v) is 15.3. The SMILES string of the molecule is Cc1ccccc1NC(=O)c1cccc(S(=O)(=O)Nc2cccc(F)c2)c1. The molecule has 3 rings (SSSR count). The molecule has 0 fully saturated rings. The van der Waals surface area contributed by atoms with Crippen LogP contribution >= 0.6 is 0 Å². The summed E-state index contributed by atoms with van der Waals surface area (Å²) in [4.78, 5) is 12.4. The first kappa shape index (κ1) is 18.6. The number of para-hydroxylation sites is 1. The molecule has 0 aromatic heterocycles. The number of hydrogen-bond acceptors (Lipinski definition) is 3. The van der Waals surface area contributed by atoms with Crippen molar-refractivity contribution in [3.63, 3.8) is 0 Å². The third-order valence-electron chi connectivity index (χ3n) is 3.88. The molecule has 7 heteroatoms. The van der Waals surface area contributed by atoms with Crippen LogP contribution in [0.2, 0.25) is 0 Å². The Balaban J connectivity index is 1.84. The maximum atomic E-state index is 13.3. The van der Waals surface area contributed by atoms with Crippen molar-refractivity contribution >= 4 is 27.3 Å². The van der Waals surface area contributed by atoms with Crippen LogP contribution < -0.4 is 10.0 Å². The van der Waals surface area contributed by atoms with Crippen molar-refractivity contribution in [2.75, 3.05) is 10.0 Å². The van der Waals surface area contributed by atoms with Gasteiger partial charge in [-0.2, -0.15) is 0 Å². The standard InChI is InChI=1S/C20H17FN2O3S/c1-14-6-2-3-11-19(14)22-20(24)15-7-4-10-18(12-15)27(25,26)23-17-9-5-8-16(21)13-17/h2-13,23H,1H3,(H,22,24). The fourth-order valence-electron chi connectivity index (χ4n) is 2.48. The van der Waals surface area contributed by atoms with Gasteiger partial charge >= 0.3 is 0 Å². The first-order valence-corrected chi connectivity index (χ1v) is 9.59. The van der Waals surface area contributed by atoms with Gasteiger partial charge in [-0.05, 0) is 55.0 Å². The third kappa shape index (κ3) is 4.51. The number of benzene rings is 3. The molecule has 5 nitrogen and oxygen atoms in total. The Morgan fingerprint density at radius 3 is 2.41 bits per heavy atom. The number of carbonyl (C=O) groups excluding carboxylic acids is 1. The summed E-state index contributed by atoms with van der Waals surface area (Å²) in [5.41, 5.74) is 1.83. The lowest BCUT2D eigenvalue weighted by molar-refractivity contribution is 0.102. The van der Waals surface area contributed by atoms with Gasteiger partial charge in [-0.25, -0.2) is 12.8 Å². The maximum Gasteiger partial charge on any atom is 0.261 e. The fraction of sp³-hybridized carbons (Fsp3) is 0.0500. The Bertz CT molecular complexity index is 1100. The summed E-state index contributed by atoms with van der Waals surface area (Å²) in [6, 6.07) is 18.1. The summed E-state index contributed by atoms with van der Waals surface area (Å²) >= 11 is 0. The summed E-state index contributed by atoms with van der Waals surface area (Å²) in [7, 11) is -3.96. The van der Waals surface area contributed by atoms with Crippen molar-refractivity contribution in [3.8, 4) is 0 Å². The lowest BCUT2D eigenvalue weighted by Crippen LogP contribution is -2.16. The smallest absolute Gasteiger partial charge is 0.261 e. The number of aryl methyl sites for hydroxylation is 1. The van der Waals surface area contributed by atoms with E-state index in [4.69, 9.17) is 0 Å². The molecular formula is C20H17FN2O3S. The van der Waals surface area contributed by atoms with E-state index in [0.717, 1.165) is 11.6 Å². The van der Waals surface area contributed by atoms with Crippen molar-refractivity contribution in [2.45, 2.75) is 11.8 Å². The van der Waals surface area contributed by atoms with Gasteiger partial charge < -0.3 is 5.32 Å². The normalized spacial score (nSPS) is 11.0. The van der Waals surface area contributed by atoms with E-state index < -0.39 is 21.7 Å². The number of anilines is 2. The molecule has 1 amide bonds. The van der Waals surface area contributed by atoms with Crippen LogP contribution in [0.15, 0.2) is 77.7 Å². The molecule has 0 heterocycles. The van der Waals surface area contributed by atoms with E-state index in [2.05, 4.69) is 10.0 Å². The van der Waals surface area contributed by atoms with Gasteiger partial charge in [0.05, 0.1) is 10.6 Å². The molecule has 0 aliphatic heterocycles. The van der Waals surface area contributed by atoms with Crippen LogP contribution in [-0.4, -0.2) is 14.3 Å². The second-order valence-corrected chi connectivity index (χ2v) is 7.60. The molecule has 27 heavy (non-hydrogen) atoms. The summed E-state index contributed by atoms with van der Waals surface area (Å²) in [6.07, 6.45) is 0. The Hall–Kier alpha value is -3.19. The van der Waals surface area contributed by atoms with Crippen LogP contribution in [0.1, 0.15) is 15.9 Å². The molecule has 0 saturated heterocycles. The Morgan fingerprint density at radius 2 is 1.67 bits per heavy atom. The number of rotatable bonds is 5. The molecule has 0 radical (unpaired) electrons. The number of carbonyl (C=O) groups is 1. The van der Waals surface area contributed by atoms with Gasteiger partial charge in [-0.15, -0.1) is 0 Å². The van der Waals surface area contributed by atoms with Gasteiger partial charge in [0.25, 0.3) is 15.9 Å². The van der Waals surface area contributed by atoms with Gasteiger partial charge in [-0.1, -0.05) is 30.3 Å². The minimum atomic E-state index is -3.96. The number of nitrogens with one attached hydrogen (secondary N) is 2. The average Bonchev–Trinajstić information content (AvgIpc) is 2.63. The molecule has 0 saturated carbocycles. The number of sulfonamides is 1. The monoisotopic (exact) mass is 384 g/mol. The second kappa shape index (κ2) is 7.59. The highest BCUT2D eigenvalue weighted by Gasteiger charge is 2.17. The van der Waals surface area contributed by atoms with Crippen molar-refractivity contribution in [3.05, 3.63) is 89.7 Å². The van der Waals surface area contributed by atoms with Crippen LogP contribution in [0.4, 0.5) is 15.8 Å². The van der Waals surface area contributed by atoms with Crippen molar-refractivity contribution in [2.24, 2.45) is 0 Å². The molecule has 0 spiro atoms. The second-order valence-electron chi connectivity index (χ2n) is 5.91. The molecule has 0 aliphatic rings. The number of hydrogen-bond donors (Lipinski definition) is 2. The lowest BCUT2D eigenvalue weighted by Gasteiger charge is -2.11. The van der Waals surface area contributed by atoms with Crippen LogP contribution in [0, 0.1) is 12.7 Å². The van der Waals surface area contributed by atoms with E-state index >= 15 is 0 Å². The number of halogens is 1. The highest BCUT2D eigenvalue weighted by Crippen LogP contribution is 2.19. The molecule has 0 atom stereocenters. The van der Waals surface area contributed by atoms with Gasteiger partial charge in [0.2, 0.25) is 0 Å². The highest BCUT2D eigenvalue weighted by atomic mass is 32.2. The third-order valence-corrected chi connectivity index (χ3v) is 5.26. The van der Waals surface area contributed by atoms with Crippen LogP contribution in [0.3, 0.4) is 0 Å². The largest absolute Gasteiger partial charge is 0.322 e. The van der Waals surface area contributed by atoms with Crippen molar-refractivity contribution in [1.82, 2.24) is 0 Å². The first-order chi connectivity index (χ1) is 12.8. The van der Waals surface area contributed by atoms with E-state index in [0.29, 0.717) is 5.69 Å². The predicted molar refractivity (Wildman–Crippen MR) is 103 cm³/mol. The fourth-order valence-corrected chi connectivity index (χ4v) is 3.57. The first-order valence-electron chi connectivity index (χ1n) is 8.10. The molecule has 3 aromatic rings. The lowest BCUT2D eigenvalue weighted by atomic mass is 10.1. The summed E-state index contributed by atoms with van der Waals surface area (Å²) in [5, 5.41) is 2.76. The summed E-state index contributed by atoms with van der Waals surface area (Å²) in [6.45, 7) is 1.86. The molecular weight excluding hydrogens is 367 g/mol. The van der Waals surface area contributed by atoms with Gasteiger partial charge in [0.1, 0.15) is 5.82 Å². The number of amides is 1. The molecule has 0 unspecified atom stereocenters. The van der Waals surface area contributed by atoms with Crippen LogP contribution in [-0.2, 0) is 10.0 Å². The van der Waals surface area contributed by atoms with E-state index in [1.165, 1.54) is 42.5 Å². The van der Waals surface area contributed by atoms with Gasteiger partial charge in [-0.3, -0.25) is 9.52 Å². The topological polar surface area (TPSA) is 75.3 Å². The molecule has 3 aromatic carbocycles. The van der Waals surface area contributed by atoms with Crippen LogP contribution in [0.5, 0.6) is 0 Å². The Labute approximate surface area is 156 Å². The van der Waals surface area contributed by atoms with E-state index in [1.807, 2.05) is 19.1 Å². The molecule has 0 aliphatic carbocycles. The quantitative estimate of drug-likeness (QED) is 0.693. The Kier molecular flexibility index (Phi) is 5.23. The Morgan fingerprint density at radius 1 is 0.926 bits per heavy atom. The van der Waals surface area contributed by atoms with E-state index in [1.54, 1.807) is 12.1 Å². The zero-order valence-electron chi connectivity index (χ0n) is 14.4. The minimum Gasteiger partial charge on any atom is -0.322 e. The summed E-state index contributed by atoms with van der Waals surface area (Å²) in [5.74, 6) is -0.978. The van der Waals surface area contributed by atoms with E-state index in [9.17, 15) is 17.6 Å². The van der Waals surface area contributed by atoms with Gasteiger partial charge in [0, 0.05) is 11.3 Å². The molecule has 0 bridgehead atoms. The zero-order chi connectivity index (χ0) is 19.4. The average molecular weight is 384 g/mol. The van der Waals surface area contributed by atoms with Crippen molar-refractivity contribution in [1.29, 1.82) is 0 Å². The van der Waals surface area contributed by atoms with Gasteiger partial charge in [0.15, 0.2) is 0 Å². The summed E-state index contributed by atoms with van der Waals surface area (Å²) < 4.78 is 40.6. The maximum absolute atomic E-state index is 13.3. The van der Waals surface area contributed by atoms with E-state index in [-0.39, 0.29) is 16.1 Å². The molecule has 2 N–H and O–H groups in total. The van der Waals surface area contributed by atoms with Crippen molar-refractivity contribution < 1.29 is 17.6 Å². The molecule has 138 valence electrons.